The Morgan fingerprint density at radius 3 is 2.61 bits per heavy atom. The summed E-state index contributed by atoms with van der Waals surface area (Å²) >= 11 is 11.6. The molecule has 4 nitrogen and oxygen atoms in total. The van der Waals surface area contributed by atoms with E-state index in [1.54, 1.807) is 6.92 Å². The summed E-state index contributed by atoms with van der Waals surface area (Å²) in [4.78, 5) is -0.139. The van der Waals surface area contributed by atoms with Crippen LogP contribution < -0.4 is 10.5 Å². The van der Waals surface area contributed by atoms with E-state index >= 15 is 0 Å². The molecular formula is C11H12Cl2N2O2S. The Balaban J connectivity index is 3.23. The first kappa shape index (κ1) is 15.1. The van der Waals surface area contributed by atoms with Crippen molar-refractivity contribution in [2.24, 2.45) is 0 Å². The second-order valence-corrected chi connectivity index (χ2v) is 5.99. The van der Waals surface area contributed by atoms with Crippen LogP contribution in [0.3, 0.4) is 0 Å². The highest BCUT2D eigenvalue weighted by Gasteiger charge is 2.22. The molecule has 1 unspecified atom stereocenters. The van der Waals surface area contributed by atoms with Crippen molar-refractivity contribution in [1.82, 2.24) is 4.72 Å². The van der Waals surface area contributed by atoms with Crippen molar-refractivity contribution in [3.63, 3.8) is 0 Å². The normalized spacial score (nSPS) is 13.0. The summed E-state index contributed by atoms with van der Waals surface area (Å²) in [5.74, 6) is 2.33. The fourth-order valence-electron chi connectivity index (χ4n) is 1.24. The molecular weight excluding hydrogens is 295 g/mol. The number of terminal acetylenes is 1. The maximum Gasteiger partial charge on any atom is 0.243 e. The van der Waals surface area contributed by atoms with Crippen LogP contribution in [-0.4, -0.2) is 14.5 Å². The van der Waals surface area contributed by atoms with Crippen molar-refractivity contribution in [2.75, 3.05) is 5.73 Å². The predicted octanol–water partition coefficient (Wildman–Crippen LogP) is 2.27. The Labute approximate surface area is 117 Å². The first-order valence-electron chi connectivity index (χ1n) is 5.05. The van der Waals surface area contributed by atoms with Gasteiger partial charge < -0.3 is 5.73 Å². The Morgan fingerprint density at radius 1 is 1.50 bits per heavy atom. The van der Waals surface area contributed by atoms with Gasteiger partial charge in [-0.3, -0.25) is 0 Å². The van der Waals surface area contributed by atoms with Gasteiger partial charge in [0, 0.05) is 0 Å². The van der Waals surface area contributed by atoms with Crippen LogP contribution in [0, 0.1) is 12.3 Å². The summed E-state index contributed by atoms with van der Waals surface area (Å²) in [6, 6.07) is 2.06. The van der Waals surface area contributed by atoms with E-state index in [-0.39, 0.29) is 20.6 Å². The average molecular weight is 307 g/mol. The van der Waals surface area contributed by atoms with Gasteiger partial charge in [0.05, 0.1) is 21.8 Å². The number of hydrogen-bond acceptors (Lipinski definition) is 3. The zero-order valence-corrected chi connectivity index (χ0v) is 11.9. The van der Waals surface area contributed by atoms with Crippen LogP contribution in [0.15, 0.2) is 17.0 Å². The van der Waals surface area contributed by atoms with Crippen molar-refractivity contribution < 1.29 is 8.42 Å². The molecule has 1 aromatic carbocycles. The number of sulfonamides is 1. The number of hydrogen-bond donors (Lipinski definition) is 2. The molecule has 1 rings (SSSR count). The van der Waals surface area contributed by atoms with Crippen LogP contribution in [-0.2, 0) is 10.0 Å². The largest absolute Gasteiger partial charge is 0.396 e. The Hall–Kier alpha value is -0.930. The Bertz CT molecular complexity index is 594. The highest BCUT2D eigenvalue weighted by molar-refractivity contribution is 7.89. The molecule has 1 aromatic rings. The molecule has 0 amide bonds. The first-order chi connectivity index (χ1) is 8.33. The molecule has 0 heterocycles. The summed E-state index contributed by atoms with van der Waals surface area (Å²) in [6.07, 6.45) is 5.67. The average Bonchev–Trinajstić information content (AvgIpc) is 2.32. The number of nitrogens with one attached hydrogen (secondary N) is 1. The second-order valence-electron chi connectivity index (χ2n) is 3.52. The third-order valence-corrected chi connectivity index (χ3v) is 4.65. The fourth-order valence-corrected chi connectivity index (χ4v) is 3.25. The summed E-state index contributed by atoms with van der Waals surface area (Å²) in [6.45, 7) is 1.77. The topological polar surface area (TPSA) is 72.2 Å². The lowest BCUT2D eigenvalue weighted by atomic mass is 10.3. The van der Waals surface area contributed by atoms with E-state index < -0.39 is 16.1 Å². The van der Waals surface area contributed by atoms with Gasteiger partial charge in [-0.25, -0.2) is 8.42 Å². The summed E-state index contributed by atoms with van der Waals surface area (Å²) in [5, 5.41) is 0.0878. The molecule has 0 aliphatic carbocycles. The van der Waals surface area contributed by atoms with E-state index in [0.29, 0.717) is 6.42 Å². The molecule has 98 valence electrons. The molecule has 7 heteroatoms. The number of nitrogens with two attached hydrogens (primary N) is 1. The van der Waals surface area contributed by atoms with E-state index in [2.05, 4.69) is 10.6 Å². The zero-order valence-electron chi connectivity index (χ0n) is 9.57. The van der Waals surface area contributed by atoms with E-state index in [4.69, 9.17) is 35.4 Å². The molecule has 0 radical (unpaired) electrons. The molecule has 1 atom stereocenters. The number of halogens is 2. The van der Waals surface area contributed by atoms with Crippen molar-refractivity contribution in [1.29, 1.82) is 0 Å². The van der Waals surface area contributed by atoms with Crippen molar-refractivity contribution in [3.8, 4) is 12.3 Å². The van der Waals surface area contributed by atoms with Crippen LogP contribution in [0.4, 0.5) is 5.69 Å². The summed E-state index contributed by atoms with van der Waals surface area (Å²) < 4.78 is 26.5. The second kappa shape index (κ2) is 5.81. The first-order valence-corrected chi connectivity index (χ1v) is 7.29. The maximum absolute atomic E-state index is 12.1. The van der Waals surface area contributed by atoms with Gasteiger partial charge >= 0.3 is 0 Å². The van der Waals surface area contributed by atoms with Gasteiger partial charge in [0.2, 0.25) is 10.0 Å². The minimum absolute atomic E-state index is 0.0231. The van der Waals surface area contributed by atoms with Crippen LogP contribution in [0.25, 0.3) is 0 Å². The lowest BCUT2D eigenvalue weighted by molar-refractivity contribution is 0.570. The zero-order chi connectivity index (χ0) is 13.9. The highest BCUT2D eigenvalue weighted by Crippen LogP contribution is 2.33. The smallest absolute Gasteiger partial charge is 0.243 e. The third-order valence-electron chi connectivity index (χ3n) is 2.29. The maximum atomic E-state index is 12.1. The molecule has 18 heavy (non-hydrogen) atoms. The molecule has 0 aliphatic rings. The van der Waals surface area contributed by atoms with Crippen LogP contribution in [0.2, 0.25) is 10.0 Å². The van der Waals surface area contributed by atoms with Gasteiger partial charge in [0.15, 0.2) is 0 Å². The van der Waals surface area contributed by atoms with Crippen molar-refractivity contribution in [3.05, 3.63) is 22.2 Å². The Morgan fingerprint density at radius 2 is 2.11 bits per heavy atom. The molecule has 0 spiro atoms. The van der Waals surface area contributed by atoms with Crippen molar-refractivity contribution in [2.45, 2.75) is 24.3 Å². The number of anilines is 1. The minimum atomic E-state index is -3.82. The van der Waals surface area contributed by atoms with E-state index in [1.807, 2.05) is 0 Å². The molecule has 0 aromatic heterocycles. The summed E-state index contributed by atoms with van der Waals surface area (Å²) in [7, 11) is -3.82. The molecule has 0 saturated carbocycles. The van der Waals surface area contributed by atoms with Gasteiger partial charge in [-0.2, -0.15) is 4.72 Å². The molecule has 0 bridgehead atoms. The monoisotopic (exact) mass is 306 g/mol. The van der Waals surface area contributed by atoms with Crippen LogP contribution in [0.1, 0.15) is 13.3 Å². The van der Waals surface area contributed by atoms with E-state index in [1.165, 1.54) is 12.1 Å². The van der Waals surface area contributed by atoms with Gasteiger partial charge in [0.1, 0.15) is 4.90 Å². The van der Waals surface area contributed by atoms with Crippen molar-refractivity contribution >= 4 is 38.9 Å². The summed E-state index contributed by atoms with van der Waals surface area (Å²) in [5.41, 5.74) is 5.60. The van der Waals surface area contributed by atoms with Crippen LogP contribution in [0.5, 0.6) is 0 Å². The lowest BCUT2D eigenvalue weighted by Crippen LogP contribution is -2.33. The third kappa shape index (κ3) is 3.09. The number of rotatable bonds is 4. The minimum Gasteiger partial charge on any atom is -0.396 e. The van der Waals surface area contributed by atoms with Gasteiger partial charge in [-0.05, 0) is 18.6 Å². The highest BCUT2D eigenvalue weighted by atomic mass is 35.5. The van der Waals surface area contributed by atoms with Gasteiger partial charge in [-0.15, -0.1) is 6.42 Å². The standard InChI is InChI=1S/C11H12Cl2N2O2S/c1-3-7(4-2)15-18(16,17)9-6-5-8(12)11(14)10(9)13/h1,5-7,15H,4,14H2,2H3. The molecule has 0 aliphatic heterocycles. The quantitative estimate of drug-likeness (QED) is 0.662. The molecule has 0 saturated heterocycles. The molecule has 0 fully saturated rings. The van der Waals surface area contributed by atoms with Gasteiger partial charge in [0.25, 0.3) is 0 Å². The lowest BCUT2D eigenvalue weighted by Gasteiger charge is -2.13. The fraction of sp³-hybridized carbons (Fsp3) is 0.273. The molecule has 3 N–H and O–H groups in total. The predicted molar refractivity (Wildman–Crippen MR) is 74.1 cm³/mol. The van der Waals surface area contributed by atoms with E-state index in [9.17, 15) is 8.42 Å². The Kier molecular flexibility index (Phi) is 4.88. The number of benzene rings is 1. The SMILES string of the molecule is C#CC(CC)NS(=O)(=O)c1ccc(Cl)c(N)c1Cl. The van der Waals surface area contributed by atoms with Gasteiger partial charge in [-0.1, -0.05) is 36.0 Å². The van der Waals surface area contributed by atoms with Crippen LogP contribution >= 0.6 is 23.2 Å². The number of nitrogen functional groups attached to an aromatic ring is 1. The van der Waals surface area contributed by atoms with E-state index in [0.717, 1.165) is 0 Å².